The number of nitrogens with one attached hydrogen (secondary N) is 2. The van der Waals surface area contributed by atoms with Crippen LogP contribution in [-0.4, -0.2) is 19.9 Å². The van der Waals surface area contributed by atoms with Gasteiger partial charge in [-0.3, -0.25) is 5.32 Å². The Kier molecular flexibility index (Phi) is 5.53. The summed E-state index contributed by atoms with van der Waals surface area (Å²) in [5.41, 5.74) is 3.03. The van der Waals surface area contributed by atoms with Crippen LogP contribution in [0.1, 0.15) is 11.1 Å². The first-order valence-corrected chi connectivity index (χ1v) is 8.64. The number of nitrogens with zero attached hydrogens (tertiary/aromatic N) is 3. The average Bonchev–Trinajstić information content (AvgIpc) is 2.99. The zero-order chi connectivity index (χ0) is 17.8. The smallest absolute Gasteiger partial charge is 0.248 e. The second-order valence-corrected chi connectivity index (χ2v) is 6.71. The number of aryl methyl sites for hydroxylation is 1. The van der Waals surface area contributed by atoms with Crippen LogP contribution < -0.4 is 10.6 Å². The molecule has 0 fully saturated rings. The van der Waals surface area contributed by atoms with Gasteiger partial charge in [-0.2, -0.15) is 0 Å². The van der Waals surface area contributed by atoms with E-state index in [1.165, 1.54) is 5.56 Å². The summed E-state index contributed by atoms with van der Waals surface area (Å²) in [6, 6.07) is 13.4. The van der Waals surface area contributed by atoms with Crippen LogP contribution in [0.5, 0.6) is 0 Å². The SMILES string of the molecule is Cc1ccc(Cn2cnc(NC(=S)Nc3ccc(Cl)cc3Cl)n2)cc1. The van der Waals surface area contributed by atoms with Crippen LogP contribution in [0.15, 0.2) is 48.8 Å². The Bertz CT molecular complexity index is 892. The fourth-order valence-corrected chi connectivity index (χ4v) is 2.81. The number of hydrogen-bond donors (Lipinski definition) is 2. The Hall–Kier alpha value is -2.15. The van der Waals surface area contributed by atoms with Crippen molar-refractivity contribution in [2.24, 2.45) is 0 Å². The van der Waals surface area contributed by atoms with Gasteiger partial charge in [0.2, 0.25) is 5.95 Å². The van der Waals surface area contributed by atoms with Gasteiger partial charge in [-0.05, 0) is 42.9 Å². The van der Waals surface area contributed by atoms with Crippen molar-refractivity contribution in [1.82, 2.24) is 14.8 Å². The van der Waals surface area contributed by atoms with E-state index in [9.17, 15) is 0 Å². The van der Waals surface area contributed by atoms with E-state index in [1.54, 1.807) is 29.2 Å². The number of benzene rings is 2. The summed E-state index contributed by atoms with van der Waals surface area (Å²) in [6.07, 6.45) is 1.65. The highest BCUT2D eigenvalue weighted by atomic mass is 35.5. The summed E-state index contributed by atoms with van der Waals surface area (Å²) in [4.78, 5) is 4.21. The van der Waals surface area contributed by atoms with Gasteiger partial charge in [-0.25, -0.2) is 9.67 Å². The van der Waals surface area contributed by atoms with Crippen molar-refractivity contribution in [2.45, 2.75) is 13.5 Å². The van der Waals surface area contributed by atoms with E-state index in [-0.39, 0.29) is 0 Å². The van der Waals surface area contributed by atoms with E-state index in [0.717, 1.165) is 5.56 Å². The quantitative estimate of drug-likeness (QED) is 0.628. The molecule has 8 heteroatoms. The van der Waals surface area contributed by atoms with E-state index < -0.39 is 0 Å². The molecule has 5 nitrogen and oxygen atoms in total. The van der Waals surface area contributed by atoms with E-state index >= 15 is 0 Å². The molecule has 0 saturated heterocycles. The minimum absolute atomic E-state index is 0.345. The lowest BCUT2D eigenvalue weighted by molar-refractivity contribution is 0.687. The molecular weight excluding hydrogens is 377 g/mol. The molecule has 25 heavy (non-hydrogen) atoms. The molecular formula is C17H15Cl2N5S. The lowest BCUT2D eigenvalue weighted by atomic mass is 10.1. The van der Waals surface area contributed by atoms with Crippen molar-refractivity contribution in [3.05, 3.63) is 70.0 Å². The van der Waals surface area contributed by atoms with Crippen LogP contribution in [0.4, 0.5) is 11.6 Å². The van der Waals surface area contributed by atoms with E-state index in [2.05, 4.69) is 51.9 Å². The van der Waals surface area contributed by atoms with Crippen molar-refractivity contribution in [3.63, 3.8) is 0 Å². The number of thiocarbonyl (C=S) groups is 1. The molecule has 1 aromatic heterocycles. The number of rotatable bonds is 4. The average molecular weight is 392 g/mol. The fraction of sp³-hybridized carbons (Fsp3) is 0.118. The molecule has 0 spiro atoms. The van der Waals surface area contributed by atoms with Crippen LogP contribution in [-0.2, 0) is 6.54 Å². The van der Waals surface area contributed by atoms with Crippen LogP contribution in [0, 0.1) is 6.92 Å². The molecule has 0 aliphatic heterocycles. The molecule has 2 N–H and O–H groups in total. The summed E-state index contributed by atoms with van der Waals surface area (Å²) in [5.74, 6) is 0.412. The largest absolute Gasteiger partial charge is 0.331 e. The third-order valence-corrected chi connectivity index (χ3v) is 4.16. The highest BCUT2D eigenvalue weighted by Crippen LogP contribution is 2.25. The molecule has 2 aromatic carbocycles. The third-order valence-electron chi connectivity index (χ3n) is 3.41. The standard InChI is InChI=1S/C17H15Cl2N5S/c1-11-2-4-12(5-3-11)9-24-10-20-16(23-24)22-17(25)21-15-7-6-13(18)8-14(15)19/h2-8,10H,9H2,1H3,(H2,21,22,23,25). The van der Waals surface area contributed by atoms with Gasteiger partial charge >= 0.3 is 0 Å². The topological polar surface area (TPSA) is 54.8 Å². The van der Waals surface area contributed by atoms with Crippen molar-refractivity contribution in [1.29, 1.82) is 0 Å². The summed E-state index contributed by atoms with van der Waals surface area (Å²) in [6.45, 7) is 2.69. The van der Waals surface area contributed by atoms with Crippen LogP contribution in [0.3, 0.4) is 0 Å². The minimum Gasteiger partial charge on any atom is -0.331 e. The number of hydrogen-bond acceptors (Lipinski definition) is 3. The van der Waals surface area contributed by atoms with Crippen LogP contribution >= 0.6 is 35.4 Å². The van der Waals surface area contributed by atoms with Gasteiger partial charge in [-0.15, -0.1) is 5.10 Å². The van der Waals surface area contributed by atoms with Gasteiger partial charge < -0.3 is 5.32 Å². The van der Waals surface area contributed by atoms with E-state index in [1.807, 2.05) is 0 Å². The maximum Gasteiger partial charge on any atom is 0.248 e. The maximum atomic E-state index is 6.11. The molecule has 0 atom stereocenters. The van der Waals surface area contributed by atoms with Crippen molar-refractivity contribution < 1.29 is 0 Å². The molecule has 0 radical (unpaired) electrons. The summed E-state index contributed by atoms with van der Waals surface area (Å²) >= 11 is 17.3. The second-order valence-electron chi connectivity index (χ2n) is 5.45. The first-order valence-electron chi connectivity index (χ1n) is 7.47. The minimum atomic E-state index is 0.345. The molecule has 0 aliphatic carbocycles. The third kappa shape index (κ3) is 4.92. The molecule has 0 unspecified atom stereocenters. The molecule has 128 valence electrons. The Morgan fingerprint density at radius 3 is 2.60 bits per heavy atom. The van der Waals surface area contributed by atoms with Gasteiger partial charge in [0.25, 0.3) is 0 Å². The van der Waals surface area contributed by atoms with Gasteiger partial charge in [-0.1, -0.05) is 53.0 Å². The number of aromatic nitrogens is 3. The van der Waals surface area contributed by atoms with Crippen molar-refractivity contribution in [2.75, 3.05) is 10.6 Å². The van der Waals surface area contributed by atoms with Crippen LogP contribution in [0.25, 0.3) is 0 Å². The Morgan fingerprint density at radius 1 is 1.12 bits per heavy atom. The van der Waals surface area contributed by atoms with Crippen LogP contribution in [0.2, 0.25) is 10.0 Å². The predicted octanol–water partition coefficient (Wildman–Crippen LogP) is 4.75. The molecule has 0 aliphatic rings. The fourth-order valence-electron chi connectivity index (χ4n) is 2.15. The highest BCUT2D eigenvalue weighted by molar-refractivity contribution is 7.80. The van der Waals surface area contributed by atoms with E-state index in [0.29, 0.717) is 33.3 Å². The van der Waals surface area contributed by atoms with Crippen molar-refractivity contribution >= 4 is 52.2 Å². The van der Waals surface area contributed by atoms with Gasteiger partial charge in [0.05, 0.1) is 17.3 Å². The maximum absolute atomic E-state index is 6.11. The lowest BCUT2D eigenvalue weighted by Crippen LogP contribution is -2.20. The molecule has 3 aromatic rings. The van der Waals surface area contributed by atoms with Gasteiger partial charge in [0.1, 0.15) is 6.33 Å². The zero-order valence-electron chi connectivity index (χ0n) is 13.3. The number of halogens is 2. The highest BCUT2D eigenvalue weighted by Gasteiger charge is 2.07. The summed E-state index contributed by atoms with van der Waals surface area (Å²) < 4.78 is 1.74. The molecule has 0 saturated carbocycles. The monoisotopic (exact) mass is 391 g/mol. The Balaban J connectivity index is 1.60. The number of anilines is 2. The predicted molar refractivity (Wildman–Crippen MR) is 107 cm³/mol. The first kappa shape index (κ1) is 17.7. The summed E-state index contributed by atoms with van der Waals surface area (Å²) in [7, 11) is 0. The Labute approximate surface area is 161 Å². The van der Waals surface area contributed by atoms with E-state index in [4.69, 9.17) is 35.4 Å². The molecule has 1 heterocycles. The molecule has 3 rings (SSSR count). The van der Waals surface area contributed by atoms with Gasteiger partial charge in [0, 0.05) is 5.02 Å². The normalized spacial score (nSPS) is 10.5. The summed E-state index contributed by atoms with van der Waals surface area (Å²) in [5, 5.41) is 11.7. The Morgan fingerprint density at radius 2 is 1.88 bits per heavy atom. The molecule has 0 bridgehead atoms. The second kappa shape index (κ2) is 7.82. The molecule has 0 amide bonds. The lowest BCUT2D eigenvalue weighted by Gasteiger charge is -2.09. The first-order chi connectivity index (χ1) is 12.0. The van der Waals surface area contributed by atoms with Crippen molar-refractivity contribution in [3.8, 4) is 0 Å². The zero-order valence-corrected chi connectivity index (χ0v) is 15.7. The van der Waals surface area contributed by atoms with Gasteiger partial charge in [0.15, 0.2) is 5.11 Å².